The lowest BCUT2D eigenvalue weighted by Gasteiger charge is -2.13. The van der Waals surface area contributed by atoms with Gasteiger partial charge in [-0.05, 0) is 33.6 Å². The van der Waals surface area contributed by atoms with E-state index in [2.05, 4.69) is 28.1 Å². The Labute approximate surface area is 136 Å². The van der Waals surface area contributed by atoms with E-state index in [1.54, 1.807) is 18.9 Å². The second-order valence-electron chi connectivity index (χ2n) is 4.01. The molecule has 2 rings (SSSR count). The molecule has 0 spiro atoms. The molecule has 0 radical (unpaired) electrons. The van der Waals surface area contributed by atoms with Crippen molar-refractivity contribution >= 4 is 39.3 Å². The number of hydrogen-bond donors (Lipinski definition) is 0. The van der Waals surface area contributed by atoms with E-state index in [4.69, 9.17) is 21.1 Å². The highest BCUT2D eigenvalue weighted by Crippen LogP contribution is 2.41. The Morgan fingerprint density at radius 1 is 1.15 bits per heavy atom. The van der Waals surface area contributed by atoms with E-state index in [9.17, 15) is 0 Å². The van der Waals surface area contributed by atoms with Crippen LogP contribution >= 0.6 is 39.3 Å². The van der Waals surface area contributed by atoms with E-state index >= 15 is 0 Å². The molecule has 0 heterocycles. The third-order valence-electron chi connectivity index (χ3n) is 2.57. The number of ether oxygens (including phenoxy) is 2. The molecule has 0 bridgehead atoms. The largest absolute Gasteiger partial charge is 0.466 e. The molecule has 0 saturated carbocycles. The molecule has 0 aliphatic carbocycles. The van der Waals surface area contributed by atoms with Gasteiger partial charge in [-0.3, -0.25) is 0 Å². The lowest BCUT2D eigenvalue weighted by atomic mass is 10.2. The maximum atomic E-state index is 6.36. The van der Waals surface area contributed by atoms with Crippen molar-refractivity contribution in [3.63, 3.8) is 0 Å². The Balaban J connectivity index is 2.17. The quantitative estimate of drug-likeness (QED) is 0.500. The van der Waals surface area contributed by atoms with Gasteiger partial charge < -0.3 is 9.47 Å². The predicted octanol–water partition coefficient (Wildman–Crippen LogP) is 5.38. The van der Waals surface area contributed by atoms with Gasteiger partial charge in [-0.15, -0.1) is 11.8 Å². The normalized spacial score (nSPS) is 10.6. The number of thioether (sulfide) groups is 1. The Morgan fingerprint density at radius 2 is 1.90 bits per heavy atom. The third kappa shape index (κ3) is 4.16. The molecular formula is C15H14BrClO2S. The average molecular weight is 374 g/mol. The molecule has 0 unspecified atom stereocenters. The van der Waals surface area contributed by atoms with Crippen LogP contribution in [-0.2, 0) is 10.5 Å². The monoisotopic (exact) mass is 372 g/mol. The van der Waals surface area contributed by atoms with E-state index < -0.39 is 0 Å². The van der Waals surface area contributed by atoms with E-state index in [0.29, 0.717) is 5.02 Å². The van der Waals surface area contributed by atoms with Crippen LogP contribution in [0.3, 0.4) is 0 Å². The molecule has 0 aliphatic rings. The molecule has 0 amide bonds. The zero-order valence-corrected chi connectivity index (χ0v) is 14.1. The molecule has 20 heavy (non-hydrogen) atoms. The summed E-state index contributed by atoms with van der Waals surface area (Å²) in [5.41, 5.74) is 1.24. The van der Waals surface area contributed by atoms with Crippen molar-refractivity contribution in [3.8, 4) is 5.75 Å². The molecule has 0 atom stereocenters. The van der Waals surface area contributed by atoms with E-state index in [1.165, 1.54) is 5.56 Å². The first-order valence-corrected chi connectivity index (χ1v) is 8.14. The van der Waals surface area contributed by atoms with Crippen LogP contribution in [0.15, 0.2) is 51.8 Å². The van der Waals surface area contributed by atoms with Gasteiger partial charge in [-0.1, -0.05) is 41.9 Å². The van der Waals surface area contributed by atoms with E-state index in [0.717, 1.165) is 20.9 Å². The molecule has 5 heteroatoms. The van der Waals surface area contributed by atoms with Crippen LogP contribution < -0.4 is 4.74 Å². The van der Waals surface area contributed by atoms with Crippen molar-refractivity contribution in [1.82, 2.24) is 0 Å². The summed E-state index contributed by atoms with van der Waals surface area (Å²) >= 11 is 11.4. The van der Waals surface area contributed by atoms with Crippen LogP contribution in [0.25, 0.3) is 0 Å². The highest BCUT2D eigenvalue weighted by atomic mass is 79.9. The fourth-order valence-corrected chi connectivity index (χ4v) is 3.41. The van der Waals surface area contributed by atoms with Gasteiger partial charge in [0.05, 0.1) is 9.92 Å². The Hall–Kier alpha value is -0.680. The minimum absolute atomic E-state index is 0.205. The van der Waals surface area contributed by atoms with Crippen molar-refractivity contribution in [2.45, 2.75) is 10.6 Å². The molecule has 2 aromatic carbocycles. The average Bonchev–Trinajstić information content (AvgIpc) is 2.48. The number of halogens is 2. The minimum Gasteiger partial charge on any atom is -0.466 e. The van der Waals surface area contributed by atoms with Gasteiger partial charge in [0.15, 0.2) is 6.79 Å². The van der Waals surface area contributed by atoms with Gasteiger partial charge in [-0.25, -0.2) is 0 Å². The predicted molar refractivity (Wildman–Crippen MR) is 87.7 cm³/mol. The minimum atomic E-state index is 0.205. The lowest BCUT2D eigenvalue weighted by Crippen LogP contribution is -2.00. The topological polar surface area (TPSA) is 18.5 Å². The number of benzene rings is 2. The van der Waals surface area contributed by atoms with Crippen LogP contribution in [0.1, 0.15) is 5.56 Å². The van der Waals surface area contributed by atoms with Crippen molar-refractivity contribution in [2.24, 2.45) is 0 Å². The van der Waals surface area contributed by atoms with Crippen molar-refractivity contribution in [1.29, 1.82) is 0 Å². The van der Waals surface area contributed by atoms with Crippen molar-refractivity contribution in [3.05, 3.63) is 57.5 Å². The van der Waals surface area contributed by atoms with Gasteiger partial charge in [0.2, 0.25) is 0 Å². The van der Waals surface area contributed by atoms with Crippen LogP contribution in [0.2, 0.25) is 5.02 Å². The molecular weight excluding hydrogens is 360 g/mol. The van der Waals surface area contributed by atoms with E-state index in [-0.39, 0.29) is 6.79 Å². The summed E-state index contributed by atoms with van der Waals surface area (Å²) in [5, 5.41) is 0.666. The lowest BCUT2D eigenvalue weighted by molar-refractivity contribution is 0.0491. The zero-order chi connectivity index (χ0) is 14.4. The van der Waals surface area contributed by atoms with Crippen molar-refractivity contribution < 1.29 is 9.47 Å². The molecule has 0 saturated heterocycles. The second-order valence-corrected chi connectivity index (χ2v) is 6.23. The van der Waals surface area contributed by atoms with Gasteiger partial charge in [0, 0.05) is 17.3 Å². The number of methoxy groups -OCH3 is 1. The zero-order valence-electron chi connectivity index (χ0n) is 10.9. The first-order valence-electron chi connectivity index (χ1n) is 5.99. The van der Waals surface area contributed by atoms with E-state index in [1.807, 2.05) is 30.3 Å². The van der Waals surface area contributed by atoms with Crippen LogP contribution in [0.5, 0.6) is 5.75 Å². The summed E-state index contributed by atoms with van der Waals surface area (Å²) < 4.78 is 11.4. The van der Waals surface area contributed by atoms with Crippen molar-refractivity contribution in [2.75, 3.05) is 13.9 Å². The Morgan fingerprint density at radius 3 is 2.60 bits per heavy atom. The molecule has 0 aliphatic heterocycles. The SMILES string of the molecule is COCOc1ccc(Br)c(Cl)c1SCc1ccccc1. The molecule has 0 N–H and O–H groups in total. The summed E-state index contributed by atoms with van der Waals surface area (Å²) in [6.45, 7) is 0.205. The summed E-state index contributed by atoms with van der Waals surface area (Å²) in [4.78, 5) is 0.918. The first-order chi connectivity index (χ1) is 9.72. The molecule has 2 aromatic rings. The van der Waals surface area contributed by atoms with Crippen LogP contribution in [0.4, 0.5) is 0 Å². The molecule has 106 valence electrons. The summed E-state index contributed by atoms with van der Waals surface area (Å²) in [6, 6.07) is 14.0. The Kier molecular flexibility index (Phi) is 6.23. The fourth-order valence-electron chi connectivity index (χ4n) is 1.61. The van der Waals surface area contributed by atoms with Crippen LogP contribution in [0, 0.1) is 0 Å². The molecule has 0 fully saturated rings. The Bertz CT molecular complexity index is 563. The summed E-state index contributed by atoms with van der Waals surface area (Å²) in [7, 11) is 1.59. The smallest absolute Gasteiger partial charge is 0.188 e. The standard InChI is InChI=1S/C15H14BrClO2S/c1-18-10-19-13-8-7-12(16)14(17)15(13)20-9-11-5-3-2-4-6-11/h2-8H,9-10H2,1H3. The highest BCUT2D eigenvalue weighted by molar-refractivity contribution is 9.10. The van der Waals surface area contributed by atoms with Gasteiger partial charge in [0.25, 0.3) is 0 Å². The maximum absolute atomic E-state index is 6.36. The fraction of sp³-hybridized carbons (Fsp3) is 0.200. The molecule has 2 nitrogen and oxygen atoms in total. The number of hydrogen-bond acceptors (Lipinski definition) is 3. The van der Waals surface area contributed by atoms with Gasteiger partial charge in [-0.2, -0.15) is 0 Å². The first kappa shape index (κ1) is 15.7. The maximum Gasteiger partial charge on any atom is 0.188 e. The summed E-state index contributed by atoms with van der Waals surface area (Å²) in [5.74, 6) is 1.57. The highest BCUT2D eigenvalue weighted by Gasteiger charge is 2.12. The van der Waals surface area contributed by atoms with Gasteiger partial charge in [0.1, 0.15) is 5.75 Å². The second kappa shape index (κ2) is 7.93. The number of rotatable bonds is 6. The third-order valence-corrected chi connectivity index (χ3v) is 5.14. The molecule has 0 aromatic heterocycles. The van der Waals surface area contributed by atoms with Crippen LogP contribution in [-0.4, -0.2) is 13.9 Å². The van der Waals surface area contributed by atoms with Gasteiger partial charge >= 0.3 is 0 Å². The summed E-state index contributed by atoms with van der Waals surface area (Å²) in [6.07, 6.45) is 0.